The van der Waals surface area contributed by atoms with Crippen molar-refractivity contribution in [3.63, 3.8) is 0 Å². The van der Waals surface area contributed by atoms with Crippen molar-refractivity contribution in [1.82, 2.24) is 5.32 Å². The second-order valence-electron chi connectivity index (χ2n) is 10.5. The van der Waals surface area contributed by atoms with Gasteiger partial charge in [-0.05, 0) is 13.3 Å². The fourth-order valence-corrected chi connectivity index (χ4v) is 4.32. The monoisotopic (exact) mass is 527 g/mol. The van der Waals surface area contributed by atoms with Gasteiger partial charge in [0.15, 0.2) is 0 Å². The lowest BCUT2D eigenvalue weighted by Crippen LogP contribution is -2.39. The zero-order valence-corrected chi connectivity index (χ0v) is 24.2. The Morgan fingerprint density at radius 3 is 1.43 bits per heavy atom. The van der Waals surface area contributed by atoms with Gasteiger partial charge in [-0.3, -0.25) is 9.59 Å². The van der Waals surface area contributed by atoms with Crippen LogP contribution in [-0.4, -0.2) is 48.3 Å². The molecule has 2 atom stereocenters. The summed E-state index contributed by atoms with van der Waals surface area (Å²) < 4.78 is 9.96. The van der Waals surface area contributed by atoms with E-state index in [1.54, 1.807) is 0 Å². The third-order valence-electron chi connectivity index (χ3n) is 6.61. The molecule has 2 N–H and O–H groups in total. The van der Waals surface area contributed by atoms with Crippen molar-refractivity contribution >= 4 is 17.8 Å². The number of ether oxygens (including phenoxy) is 2. The van der Waals surface area contributed by atoms with E-state index in [0.29, 0.717) is 6.42 Å². The molecule has 1 amide bonds. The van der Waals surface area contributed by atoms with Gasteiger partial charge in [0.1, 0.15) is 25.4 Å². The highest BCUT2D eigenvalue weighted by molar-refractivity contribution is 5.82. The van der Waals surface area contributed by atoms with Crippen molar-refractivity contribution in [1.29, 1.82) is 0 Å². The first-order valence-corrected chi connectivity index (χ1v) is 15.1. The summed E-state index contributed by atoms with van der Waals surface area (Å²) in [6.45, 7) is 4.58. The highest BCUT2D eigenvalue weighted by atomic mass is 16.6. The maximum absolute atomic E-state index is 11.8. The molecule has 0 rings (SSSR count). The lowest BCUT2D eigenvalue weighted by molar-refractivity contribution is -0.154. The molecule has 0 bridgehead atoms. The van der Waals surface area contributed by atoms with E-state index in [1.165, 1.54) is 117 Å². The molecule has 0 fully saturated rings. The van der Waals surface area contributed by atoms with Gasteiger partial charge in [0.05, 0.1) is 0 Å². The van der Waals surface area contributed by atoms with Crippen LogP contribution >= 0.6 is 0 Å². The van der Waals surface area contributed by atoms with Crippen molar-refractivity contribution in [3.05, 3.63) is 0 Å². The quantitative estimate of drug-likeness (QED) is 0.0949. The summed E-state index contributed by atoms with van der Waals surface area (Å²) in [7, 11) is 0. The molecule has 0 aliphatic carbocycles. The molecule has 0 aromatic heterocycles. The van der Waals surface area contributed by atoms with E-state index >= 15 is 0 Å². The highest BCUT2D eigenvalue weighted by Crippen LogP contribution is 2.15. The van der Waals surface area contributed by atoms with Gasteiger partial charge in [0.25, 0.3) is 0 Å². The third kappa shape index (κ3) is 25.8. The third-order valence-corrected chi connectivity index (χ3v) is 6.61. The van der Waals surface area contributed by atoms with E-state index in [-0.39, 0.29) is 25.1 Å². The highest BCUT2D eigenvalue weighted by Gasteiger charge is 2.17. The zero-order chi connectivity index (χ0) is 27.6. The van der Waals surface area contributed by atoms with Gasteiger partial charge in [-0.25, -0.2) is 4.79 Å². The summed E-state index contributed by atoms with van der Waals surface area (Å²) in [4.78, 5) is 34.4. The van der Waals surface area contributed by atoms with Crippen LogP contribution < -0.4 is 5.32 Å². The molecule has 0 saturated heterocycles. The lowest BCUT2D eigenvalue weighted by atomic mass is 10.0. The minimum atomic E-state index is -1.08. The summed E-state index contributed by atoms with van der Waals surface area (Å²) in [5.41, 5.74) is 0. The number of aliphatic hydroxyl groups excluding tert-OH is 1. The second-order valence-corrected chi connectivity index (χ2v) is 10.5. The average molecular weight is 528 g/mol. The molecule has 218 valence electrons. The largest absolute Gasteiger partial charge is 0.463 e. The molecule has 0 aliphatic rings. The van der Waals surface area contributed by atoms with Gasteiger partial charge in [-0.15, -0.1) is 0 Å². The first kappa shape index (κ1) is 35.4. The molecule has 0 heterocycles. The molecule has 0 aromatic rings. The van der Waals surface area contributed by atoms with Crippen LogP contribution in [0, 0.1) is 0 Å². The Morgan fingerprint density at radius 2 is 1.03 bits per heavy atom. The van der Waals surface area contributed by atoms with E-state index in [2.05, 4.69) is 12.2 Å². The van der Waals surface area contributed by atoms with Crippen LogP contribution in [-0.2, 0) is 23.9 Å². The number of aliphatic hydroxyl groups is 1. The van der Waals surface area contributed by atoms with Gasteiger partial charge in [-0.2, -0.15) is 0 Å². The van der Waals surface area contributed by atoms with Gasteiger partial charge in [0, 0.05) is 13.3 Å². The van der Waals surface area contributed by atoms with Crippen LogP contribution in [0.1, 0.15) is 149 Å². The Morgan fingerprint density at radius 1 is 0.649 bits per heavy atom. The fourth-order valence-electron chi connectivity index (χ4n) is 4.32. The number of hydrogen-bond acceptors (Lipinski definition) is 6. The summed E-state index contributed by atoms with van der Waals surface area (Å²) >= 11 is 0. The standard InChI is InChI=1S/C30H57NO6/c1-4-5-6-7-8-9-10-11-12-13-14-15-16-17-18-19-20-21-22-23-29(34)36-24-28(33)25-37-30(35)26(2)31-27(3)32/h26,28,33H,4-25H2,1-3H3,(H,31,32)/t26-,28?/m0/s1. The predicted molar refractivity (Wildman–Crippen MR) is 149 cm³/mol. The summed E-state index contributed by atoms with van der Waals surface area (Å²) in [5, 5.41) is 12.2. The van der Waals surface area contributed by atoms with Crippen LogP contribution in [0.2, 0.25) is 0 Å². The number of esters is 2. The minimum Gasteiger partial charge on any atom is -0.463 e. The fraction of sp³-hybridized carbons (Fsp3) is 0.900. The average Bonchev–Trinajstić information content (AvgIpc) is 2.86. The lowest BCUT2D eigenvalue weighted by Gasteiger charge is -2.15. The summed E-state index contributed by atoms with van der Waals surface area (Å²) in [5.74, 6) is -1.33. The SMILES string of the molecule is CCCCCCCCCCCCCCCCCCCCCC(=O)OCC(O)COC(=O)[C@H](C)NC(C)=O. The van der Waals surface area contributed by atoms with Gasteiger partial charge < -0.3 is 19.9 Å². The van der Waals surface area contributed by atoms with Crippen LogP contribution in [0.3, 0.4) is 0 Å². The van der Waals surface area contributed by atoms with E-state index in [9.17, 15) is 19.5 Å². The Labute approximate surface area is 226 Å². The topological polar surface area (TPSA) is 102 Å². The number of rotatable bonds is 26. The number of unbranched alkanes of at least 4 members (excludes halogenated alkanes) is 18. The Kier molecular flexibility index (Phi) is 24.9. The molecular formula is C30H57NO6. The van der Waals surface area contributed by atoms with E-state index in [4.69, 9.17) is 9.47 Å². The zero-order valence-electron chi connectivity index (χ0n) is 24.2. The van der Waals surface area contributed by atoms with Crippen molar-refractivity contribution in [2.24, 2.45) is 0 Å². The first-order valence-electron chi connectivity index (χ1n) is 15.1. The normalized spacial score (nSPS) is 12.6. The number of nitrogens with one attached hydrogen (secondary N) is 1. The number of hydrogen-bond donors (Lipinski definition) is 2. The Bertz CT molecular complexity index is 568. The van der Waals surface area contributed by atoms with Gasteiger partial charge in [-0.1, -0.05) is 122 Å². The molecule has 0 saturated carbocycles. The van der Waals surface area contributed by atoms with Crippen LogP contribution in [0.25, 0.3) is 0 Å². The van der Waals surface area contributed by atoms with Crippen LogP contribution in [0.15, 0.2) is 0 Å². The maximum Gasteiger partial charge on any atom is 0.328 e. The minimum absolute atomic E-state index is 0.209. The summed E-state index contributed by atoms with van der Waals surface area (Å²) in [6, 6.07) is -0.790. The van der Waals surface area contributed by atoms with Crippen molar-refractivity contribution < 1.29 is 29.0 Å². The first-order chi connectivity index (χ1) is 17.9. The second kappa shape index (κ2) is 26.0. The Hall–Kier alpha value is -1.63. The number of amides is 1. The Balaban J connectivity index is 3.38. The molecule has 0 spiro atoms. The smallest absolute Gasteiger partial charge is 0.328 e. The van der Waals surface area contributed by atoms with E-state index in [1.807, 2.05) is 0 Å². The number of carbonyl (C=O) groups is 3. The molecule has 0 aromatic carbocycles. The van der Waals surface area contributed by atoms with Gasteiger partial charge in [0.2, 0.25) is 5.91 Å². The molecule has 7 nitrogen and oxygen atoms in total. The number of carbonyl (C=O) groups excluding carboxylic acids is 3. The molecule has 0 radical (unpaired) electrons. The van der Waals surface area contributed by atoms with E-state index in [0.717, 1.165) is 19.3 Å². The molecule has 7 heteroatoms. The van der Waals surface area contributed by atoms with Crippen molar-refractivity contribution in [2.45, 2.75) is 161 Å². The summed E-state index contributed by atoms with van der Waals surface area (Å²) in [6.07, 6.45) is 24.1. The molecule has 0 aliphatic heterocycles. The van der Waals surface area contributed by atoms with Crippen molar-refractivity contribution in [2.75, 3.05) is 13.2 Å². The van der Waals surface area contributed by atoms with Crippen molar-refractivity contribution in [3.8, 4) is 0 Å². The molecule has 37 heavy (non-hydrogen) atoms. The van der Waals surface area contributed by atoms with Crippen LogP contribution in [0.4, 0.5) is 0 Å². The van der Waals surface area contributed by atoms with E-state index < -0.39 is 18.1 Å². The molecule has 1 unspecified atom stereocenters. The molecular weight excluding hydrogens is 470 g/mol. The predicted octanol–water partition coefficient (Wildman–Crippen LogP) is 6.78. The van der Waals surface area contributed by atoms with Gasteiger partial charge >= 0.3 is 11.9 Å². The van der Waals surface area contributed by atoms with Crippen LogP contribution in [0.5, 0.6) is 0 Å². The maximum atomic E-state index is 11.8.